The van der Waals surface area contributed by atoms with Crippen LogP contribution in [0.4, 0.5) is 0 Å². The lowest BCUT2D eigenvalue weighted by atomic mass is 9.98. The molecule has 0 bridgehead atoms. The molecule has 4 rings (SSSR count). The first kappa shape index (κ1) is 20.7. The third kappa shape index (κ3) is 5.53. The van der Waals surface area contributed by atoms with Gasteiger partial charge in [0.25, 0.3) is 5.91 Å². The monoisotopic (exact) mass is 427 g/mol. The van der Waals surface area contributed by atoms with Crippen LogP contribution in [0.1, 0.15) is 21.5 Å². The molecule has 0 fully saturated rings. The van der Waals surface area contributed by atoms with Crippen LogP contribution in [-0.4, -0.2) is 5.91 Å². The van der Waals surface area contributed by atoms with Gasteiger partial charge in [-0.05, 0) is 52.6 Å². The molecule has 0 saturated carbocycles. The summed E-state index contributed by atoms with van der Waals surface area (Å²) in [5.41, 5.74) is 4.42. The highest BCUT2D eigenvalue weighted by atomic mass is 35.5. The Morgan fingerprint density at radius 2 is 1.42 bits per heavy atom. The molecular weight excluding hydrogens is 406 g/mol. The summed E-state index contributed by atoms with van der Waals surface area (Å²) in [6.07, 6.45) is 0. The summed E-state index contributed by atoms with van der Waals surface area (Å²) in [5, 5.41) is 3.67. The number of ether oxygens (including phenoxy) is 1. The Morgan fingerprint density at radius 3 is 2.10 bits per heavy atom. The molecule has 1 amide bonds. The standard InChI is InChI=1S/C27H22ClNO2/c28-23-13-11-22(12-14-23)25-16-15-24(31-19-21-9-5-2-6-10-21)17-26(25)27(30)29-18-20-7-3-1-4-8-20/h1-17H,18-19H2,(H,29,30). The maximum atomic E-state index is 13.1. The van der Waals surface area contributed by atoms with E-state index >= 15 is 0 Å². The van der Waals surface area contributed by atoms with Crippen LogP contribution in [0.2, 0.25) is 5.02 Å². The van der Waals surface area contributed by atoms with E-state index in [4.69, 9.17) is 16.3 Å². The van der Waals surface area contributed by atoms with Gasteiger partial charge in [-0.25, -0.2) is 0 Å². The van der Waals surface area contributed by atoms with Crippen molar-refractivity contribution < 1.29 is 9.53 Å². The molecule has 0 atom stereocenters. The van der Waals surface area contributed by atoms with Crippen LogP contribution in [0.5, 0.6) is 5.75 Å². The Labute approximate surface area is 187 Å². The number of amides is 1. The summed E-state index contributed by atoms with van der Waals surface area (Å²) in [6.45, 7) is 0.890. The lowest BCUT2D eigenvalue weighted by Crippen LogP contribution is -2.23. The van der Waals surface area contributed by atoms with Gasteiger partial charge in [-0.15, -0.1) is 0 Å². The molecule has 0 aliphatic rings. The molecule has 0 aliphatic heterocycles. The number of hydrogen-bond donors (Lipinski definition) is 1. The van der Waals surface area contributed by atoms with E-state index < -0.39 is 0 Å². The normalized spacial score (nSPS) is 10.5. The molecule has 154 valence electrons. The maximum Gasteiger partial charge on any atom is 0.252 e. The smallest absolute Gasteiger partial charge is 0.252 e. The quantitative estimate of drug-likeness (QED) is 0.364. The number of nitrogens with one attached hydrogen (secondary N) is 1. The lowest BCUT2D eigenvalue weighted by molar-refractivity contribution is 0.0951. The number of carbonyl (C=O) groups is 1. The zero-order valence-corrected chi connectivity index (χ0v) is 17.7. The van der Waals surface area contributed by atoms with Gasteiger partial charge in [-0.3, -0.25) is 4.79 Å². The summed E-state index contributed by atoms with van der Waals surface area (Å²) in [7, 11) is 0. The number of benzene rings is 4. The summed E-state index contributed by atoms with van der Waals surface area (Å²) in [4.78, 5) is 13.1. The van der Waals surface area contributed by atoms with Crippen molar-refractivity contribution in [1.82, 2.24) is 5.32 Å². The summed E-state index contributed by atoms with van der Waals surface area (Å²) >= 11 is 6.04. The van der Waals surface area contributed by atoms with Crippen LogP contribution in [0.25, 0.3) is 11.1 Å². The van der Waals surface area contributed by atoms with E-state index in [2.05, 4.69) is 5.32 Å². The first-order chi connectivity index (χ1) is 15.2. The Bertz CT molecular complexity index is 1140. The van der Waals surface area contributed by atoms with Crippen LogP contribution in [0.15, 0.2) is 103 Å². The number of hydrogen-bond acceptors (Lipinski definition) is 2. The predicted octanol–water partition coefficient (Wildman–Crippen LogP) is 6.52. The molecule has 3 nitrogen and oxygen atoms in total. The zero-order valence-electron chi connectivity index (χ0n) is 16.9. The van der Waals surface area contributed by atoms with Crippen molar-refractivity contribution in [2.24, 2.45) is 0 Å². The molecule has 0 saturated heterocycles. The van der Waals surface area contributed by atoms with Gasteiger partial charge >= 0.3 is 0 Å². The minimum absolute atomic E-state index is 0.154. The van der Waals surface area contributed by atoms with E-state index in [-0.39, 0.29) is 5.91 Å². The third-order valence-electron chi connectivity index (χ3n) is 4.94. The van der Waals surface area contributed by atoms with Gasteiger partial charge in [0.2, 0.25) is 0 Å². The van der Waals surface area contributed by atoms with Gasteiger partial charge in [-0.1, -0.05) is 84.4 Å². The van der Waals surface area contributed by atoms with Crippen molar-refractivity contribution >= 4 is 17.5 Å². The molecule has 0 aromatic heterocycles. The fraction of sp³-hybridized carbons (Fsp3) is 0.0741. The van der Waals surface area contributed by atoms with Crippen LogP contribution in [0, 0.1) is 0 Å². The Morgan fingerprint density at radius 1 is 0.774 bits per heavy atom. The van der Waals surface area contributed by atoms with Gasteiger partial charge in [0.1, 0.15) is 12.4 Å². The van der Waals surface area contributed by atoms with E-state index in [9.17, 15) is 4.79 Å². The van der Waals surface area contributed by atoms with Gasteiger partial charge in [-0.2, -0.15) is 0 Å². The van der Waals surface area contributed by atoms with Gasteiger partial charge in [0.05, 0.1) is 5.56 Å². The largest absolute Gasteiger partial charge is 0.489 e. The second kappa shape index (κ2) is 9.96. The molecule has 0 radical (unpaired) electrons. The van der Waals surface area contributed by atoms with Crippen molar-refractivity contribution in [1.29, 1.82) is 0 Å². The second-order valence-electron chi connectivity index (χ2n) is 7.16. The molecule has 4 heteroatoms. The average molecular weight is 428 g/mol. The van der Waals surface area contributed by atoms with Crippen molar-refractivity contribution in [2.45, 2.75) is 13.2 Å². The zero-order chi connectivity index (χ0) is 21.5. The maximum absolute atomic E-state index is 13.1. The van der Waals surface area contributed by atoms with Crippen LogP contribution >= 0.6 is 11.6 Å². The Balaban J connectivity index is 1.59. The van der Waals surface area contributed by atoms with E-state index in [1.807, 2.05) is 97.1 Å². The fourth-order valence-corrected chi connectivity index (χ4v) is 3.42. The highest BCUT2D eigenvalue weighted by molar-refractivity contribution is 6.30. The van der Waals surface area contributed by atoms with E-state index in [0.29, 0.717) is 29.5 Å². The van der Waals surface area contributed by atoms with Crippen molar-refractivity contribution in [3.05, 3.63) is 125 Å². The topological polar surface area (TPSA) is 38.3 Å². The van der Waals surface area contributed by atoms with Gasteiger partial charge < -0.3 is 10.1 Å². The summed E-state index contributed by atoms with van der Waals surface area (Å²) in [6, 6.07) is 32.9. The molecule has 0 unspecified atom stereocenters. The van der Waals surface area contributed by atoms with E-state index in [1.165, 1.54) is 0 Å². The minimum atomic E-state index is -0.154. The van der Waals surface area contributed by atoms with E-state index in [0.717, 1.165) is 22.3 Å². The number of carbonyl (C=O) groups excluding carboxylic acids is 1. The second-order valence-corrected chi connectivity index (χ2v) is 7.59. The molecule has 0 spiro atoms. The molecule has 4 aromatic rings. The first-order valence-electron chi connectivity index (χ1n) is 10.1. The van der Waals surface area contributed by atoms with Crippen LogP contribution in [-0.2, 0) is 13.2 Å². The van der Waals surface area contributed by atoms with Crippen LogP contribution in [0.3, 0.4) is 0 Å². The Hall–Kier alpha value is -3.56. The first-order valence-corrected chi connectivity index (χ1v) is 10.5. The van der Waals surface area contributed by atoms with Gasteiger partial charge in [0, 0.05) is 11.6 Å². The Kier molecular flexibility index (Phi) is 6.65. The molecule has 4 aromatic carbocycles. The van der Waals surface area contributed by atoms with Crippen molar-refractivity contribution in [2.75, 3.05) is 0 Å². The molecular formula is C27H22ClNO2. The van der Waals surface area contributed by atoms with E-state index in [1.54, 1.807) is 6.07 Å². The molecule has 0 heterocycles. The molecule has 0 aliphatic carbocycles. The third-order valence-corrected chi connectivity index (χ3v) is 5.19. The van der Waals surface area contributed by atoms with Crippen molar-refractivity contribution in [3.63, 3.8) is 0 Å². The predicted molar refractivity (Wildman–Crippen MR) is 125 cm³/mol. The highest BCUT2D eigenvalue weighted by Gasteiger charge is 2.15. The van der Waals surface area contributed by atoms with Crippen molar-refractivity contribution in [3.8, 4) is 16.9 Å². The molecule has 1 N–H and O–H groups in total. The lowest BCUT2D eigenvalue weighted by Gasteiger charge is -2.14. The molecule has 31 heavy (non-hydrogen) atoms. The fourth-order valence-electron chi connectivity index (χ4n) is 3.30. The van der Waals surface area contributed by atoms with Gasteiger partial charge in [0.15, 0.2) is 0 Å². The minimum Gasteiger partial charge on any atom is -0.489 e. The SMILES string of the molecule is O=C(NCc1ccccc1)c1cc(OCc2ccccc2)ccc1-c1ccc(Cl)cc1. The summed E-state index contributed by atoms with van der Waals surface area (Å²) in [5.74, 6) is 0.491. The number of rotatable bonds is 7. The highest BCUT2D eigenvalue weighted by Crippen LogP contribution is 2.29. The van der Waals surface area contributed by atoms with Crippen LogP contribution < -0.4 is 10.1 Å². The average Bonchev–Trinajstić information content (AvgIpc) is 2.83. The summed E-state index contributed by atoms with van der Waals surface area (Å²) < 4.78 is 5.95. The number of halogens is 1.